The van der Waals surface area contributed by atoms with Crippen LogP contribution in [-0.2, 0) is 11.3 Å². The third-order valence-electron chi connectivity index (χ3n) is 3.12. The minimum absolute atomic E-state index is 0.646. The van der Waals surface area contributed by atoms with Crippen LogP contribution in [0.15, 0.2) is 6.20 Å². The molecule has 4 heteroatoms. The van der Waals surface area contributed by atoms with Gasteiger partial charge in [0.2, 0.25) is 5.95 Å². The van der Waals surface area contributed by atoms with Gasteiger partial charge in [-0.3, -0.25) is 0 Å². The van der Waals surface area contributed by atoms with Crippen LogP contribution in [0.25, 0.3) is 0 Å². The first-order chi connectivity index (χ1) is 8.65. The Morgan fingerprint density at radius 3 is 2.89 bits per heavy atom. The van der Waals surface area contributed by atoms with Crippen LogP contribution < -0.4 is 5.32 Å². The van der Waals surface area contributed by atoms with E-state index in [2.05, 4.69) is 34.9 Å². The molecule has 1 aromatic heterocycles. The lowest BCUT2D eigenvalue weighted by Gasteiger charge is -2.10. The predicted molar refractivity (Wildman–Crippen MR) is 73.9 cm³/mol. The van der Waals surface area contributed by atoms with Gasteiger partial charge in [0.05, 0.1) is 12.3 Å². The first-order valence-electron chi connectivity index (χ1n) is 7.03. The average molecular weight is 251 g/mol. The van der Waals surface area contributed by atoms with Crippen molar-refractivity contribution in [1.29, 1.82) is 0 Å². The summed E-state index contributed by atoms with van der Waals surface area (Å²) >= 11 is 0. The van der Waals surface area contributed by atoms with E-state index in [1.165, 1.54) is 12.8 Å². The zero-order valence-corrected chi connectivity index (χ0v) is 11.8. The van der Waals surface area contributed by atoms with Crippen molar-refractivity contribution in [3.05, 3.63) is 11.9 Å². The molecule has 1 fully saturated rings. The number of aromatic nitrogens is 2. The minimum Gasteiger partial charge on any atom is -0.380 e. The molecule has 0 spiro atoms. The summed E-state index contributed by atoms with van der Waals surface area (Å²) in [5.41, 5.74) is 1.07. The molecule has 1 heterocycles. The normalized spacial score (nSPS) is 15.3. The maximum atomic E-state index is 5.66. The zero-order valence-electron chi connectivity index (χ0n) is 11.8. The summed E-state index contributed by atoms with van der Waals surface area (Å²) in [4.78, 5) is 4.51. The van der Waals surface area contributed by atoms with Gasteiger partial charge in [0.25, 0.3) is 0 Å². The third kappa shape index (κ3) is 4.33. The third-order valence-corrected chi connectivity index (χ3v) is 3.12. The van der Waals surface area contributed by atoms with Crippen molar-refractivity contribution in [2.24, 2.45) is 5.92 Å². The molecule has 1 aliphatic rings. The van der Waals surface area contributed by atoms with E-state index in [9.17, 15) is 0 Å². The first kappa shape index (κ1) is 13.4. The van der Waals surface area contributed by atoms with Gasteiger partial charge in [0.15, 0.2) is 0 Å². The van der Waals surface area contributed by atoms with Gasteiger partial charge < -0.3 is 14.6 Å². The summed E-state index contributed by atoms with van der Waals surface area (Å²) in [5, 5.41) is 3.46. The Kier molecular flexibility index (Phi) is 4.64. The maximum Gasteiger partial charge on any atom is 0.203 e. The second-order valence-corrected chi connectivity index (χ2v) is 5.61. The van der Waals surface area contributed by atoms with Crippen LogP contribution in [0.1, 0.15) is 38.8 Å². The summed E-state index contributed by atoms with van der Waals surface area (Å²) < 4.78 is 7.83. The summed E-state index contributed by atoms with van der Waals surface area (Å²) in [6.45, 7) is 8.99. The van der Waals surface area contributed by atoms with Gasteiger partial charge in [-0.05, 0) is 32.1 Å². The lowest BCUT2D eigenvalue weighted by molar-refractivity contribution is 0.116. The summed E-state index contributed by atoms with van der Waals surface area (Å²) in [6.07, 6.45) is 5.78. The summed E-state index contributed by atoms with van der Waals surface area (Å²) in [7, 11) is 0. The number of nitrogens with one attached hydrogen (secondary N) is 1. The van der Waals surface area contributed by atoms with E-state index in [0.29, 0.717) is 12.0 Å². The minimum atomic E-state index is 0.646. The van der Waals surface area contributed by atoms with Gasteiger partial charge in [0.1, 0.15) is 0 Å². The van der Waals surface area contributed by atoms with Gasteiger partial charge in [0, 0.05) is 25.4 Å². The van der Waals surface area contributed by atoms with Crippen LogP contribution in [-0.4, -0.2) is 28.8 Å². The molecule has 0 bridgehead atoms. The van der Waals surface area contributed by atoms with Crippen molar-refractivity contribution < 1.29 is 4.74 Å². The average Bonchev–Trinajstić information content (AvgIpc) is 3.03. The largest absolute Gasteiger partial charge is 0.380 e. The van der Waals surface area contributed by atoms with E-state index in [-0.39, 0.29) is 0 Å². The summed E-state index contributed by atoms with van der Waals surface area (Å²) in [5.74, 6) is 1.72. The van der Waals surface area contributed by atoms with Crippen molar-refractivity contribution in [2.45, 2.75) is 52.6 Å². The fourth-order valence-corrected chi connectivity index (χ4v) is 1.83. The molecule has 4 nitrogen and oxygen atoms in total. The smallest absolute Gasteiger partial charge is 0.203 e. The maximum absolute atomic E-state index is 5.66. The van der Waals surface area contributed by atoms with Gasteiger partial charge in [-0.1, -0.05) is 13.8 Å². The highest BCUT2D eigenvalue weighted by molar-refractivity contribution is 5.32. The van der Waals surface area contributed by atoms with Crippen molar-refractivity contribution in [3.8, 4) is 0 Å². The topological polar surface area (TPSA) is 39.1 Å². The van der Waals surface area contributed by atoms with Crippen LogP contribution in [0.2, 0.25) is 0 Å². The summed E-state index contributed by atoms with van der Waals surface area (Å²) in [6, 6.07) is 0.646. The van der Waals surface area contributed by atoms with E-state index in [1.54, 1.807) is 0 Å². The molecule has 0 radical (unpaired) electrons. The van der Waals surface area contributed by atoms with E-state index in [4.69, 9.17) is 4.74 Å². The highest BCUT2D eigenvalue weighted by Crippen LogP contribution is 2.24. The molecule has 0 aromatic carbocycles. The van der Waals surface area contributed by atoms with Crippen LogP contribution in [0.3, 0.4) is 0 Å². The number of anilines is 1. The second kappa shape index (κ2) is 6.23. The highest BCUT2D eigenvalue weighted by atomic mass is 16.5. The molecule has 0 amide bonds. The van der Waals surface area contributed by atoms with E-state index in [0.717, 1.165) is 37.8 Å². The van der Waals surface area contributed by atoms with Crippen LogP contribution >= 0.6 is 0 Å². The predicted octanol–water partition coefficient (Wildman–Crippen LogP) is 2.83. The molecule has 0 aliphatic heterocycles. The Morgan fingerprint density at radius 1 is 1.44 bits per heavy atom. The molecule has 0 unspecified atom stereocenters. The Labute approximate surface area is 110 Å². The zero-order chi connectivity index (χ0) is 13.0. The molecule has 2 rings (SSSR count). The SMILES string of the molecule is Cc1cn(CCOCCC(C)C)c(NC2CC2)n1. The van der Waals surface area contributed by atoms with Crippen molar-refractivity contribution in [1.82, 2.24) is 9.55 Å². The van der Waals surface area contributed by atoms with Gasteiger partial charge in [-0.25, -0.2) is 4.98 Å². The number of hydrogen-bond donors (Lipinski definition) is 1. The van der Waals surface area contributed by atoms with E-state index in [1.807, 2.05) is 6.92 Å². The fraction of sp³-hybridized carbons (Fsp3) is 0.786. The standard InChI is InChI=1S/C14H25N3O/c1-11(2)6-8-18-9-7-17-10-12(3)15-14(17)16-13-4-5-13/h10-11,13H,4-9H2,1-3H3,(H,15,16). The molecular formula is C14H25N3O. The van der Waals surface area contributed by atoms with E-state index >= 15 is 0 Å². The Hall–Kier alpha value is -1.03. The number of imidazole rings is 1. The number of nitrogens with zero attached hydrogens (tertiary/aromatic N) is 2. The number of aryl methyl sites for hydroxylation is 1. The number of ether oxygens (including phenoxy) is 1. The molecular weight excluding hydrogens is 226 g/mol. The van der Waals surface area contributed by atoms with Gasteiger partial charge in [-0.15, -0.1) is 0 Å². The van der Waals surface area contributed by atoms with Crippen LogP contribution in [0, 0.1) is 12.8 Å². The Balaban J connectivity index is 1.73. The number of rotatable bonds is 8. The van der Waals surface area contributed by atoms with Crippen LogP contribution in [0.5, 0.6) is 0 Å². The molecule has 1 aliphatic carbocycles. The lowest BCUT2D eigenvalue weighted by atomic mass is 10.1. The molecule has 102 valence electrons. The molecule has 0 atom stereocenters. The second-order valence-electron chi connectivity index (χ2n) is 5.61. The quantitative estimate of drug-likeness (QED) is 0.722. The molecule has 1 N–H and O–H groups in total. The molecule has 18 heavy (non-hydrogen) atoms. The number of hydrogen-bond acceptors (Lipinski definition) is 3. The van der Waals surface area contributed by atoms with E-state index < -0.39 is 0 Å². The first-order valence-corrected chi connectivity index (χ1v) is 7.03. The Bertz CT molecular complexity index is 369. The van der Waals surface area contributed by atoms with Crippen LogP contribution in [0.4, 0.5) is 5.95 Å². The monoisotopic (exact) mass is 251 g/mol. The highest BCUT2D eigenvalue weighted by Gasteiger charge is 2.22. The van der Waals surface area contributed by atoms with Crippen molar-refractivity contribution in [3.63, 3.8) is 0 Å². The lowest BCUT2D eigenvalue weighted by Crippen LogP contribution is -2.12. The molecule has 1 aromatic rings. The van der Waals surface area contributed by atoms with Gasteiger partial charge >= 0.3 is 0 Å². The Morgan fingerprint density at radius 2 is 2.22 bits per heavy atom. The van der Waals surface area contributed by atoms with Gasteiger partial charge in [-0.2, -0.15) is 0 Å². The molecule has 0 saturated heterocycles. The van der Waals surface area contributed by atoms with Crippen molar-refractivity contribution >= 4 is 5.95 Å². The fourth-order valence-electron chi connectivity index (χ4n) is 1.83. The van der Waals surface area contributed by atoms with Crippen molar-refractivity contribution in [2.75, 3.05) is 18.5 Å². The molecule has 1 saturated carbocycles.